The fourth-order valence-corrected chi connectivity index (χ4v) is 8.44. The molecule has 5 rings (SSSR count). The molecule has 4 nitrogen and oxygen atoms in total. The minimum Gasteiger partial charge on any atom is -0.458 e. The van der Waals surface area contributed by atoms with Gasteiger partial charge in [-0.15, -0.1) is 0 Å². The minimum absolute atomic E-state index is 0.0557. The van der Waals surface area contributed by atoms with Crippen LogP contribution in [0.3, 0.4) is 0 Å². The zero-order valence-corrected chi connectivity index (χ0v) is 20.9. The largest absolute Gasteiger partial charge is 0.458 e. The van der Waals surface area contributed by atoms with Gasteiger partial charge in [-0.05, 0) is 86.9 Å². The van der Waals surface area contributed by atoms with Gasteiger partial charge in [0.2, 0.25) is 0 Å². The third-order valence-electron chi connectivity index (χ3n) is 10.9. The Morgan fingerprint density at radius 2 is 1.58 bits per heavy atom. The summed E-state index contributed by atoms with van der Waals surface area (Å²) in [6.45, 7) is 14.1. The molecule has 4 bridgehead atoms. The average Bonchev–Trinajstić information content (AvgIpc) is 3.42. The van der Waals surface area contributed by atoms with E-state index < -0.39 is 5.41 Å². The lowest BCUT2D eigenvalue weighted by Gasteiger charge is -2.61. The van der Waals surface area contributed by atoms with E-state index >= 15 is 0 Å². The highest BCUT2D eigenvalue weighted by Gasteiger charge is 2.68. The predicted octanol–water partition coefficient (Wildman–Crippen LogP) is 5.90. The van der Waals surface area contributed by atoms with Crippen molar-refractivity contribution in [3.05, 3.63) is 0 Å². The van der Waals surface area contributed by atoms with Crippen molar-refractivity contribution in [1.29, 1.82) is 0 Å². The van der Waals surface area contributed by atoms with E-state index in [2.05, 4.69) is 41.5 Å². The van der Waals surface area contributed by atoms with Gasteiger partial charge in [-0.3, -0.25) is 4.79 Å². The maximum absolute atomic E-state index is 14.2. The summed E-state index contributed by atoms with van der Waals surface area (Å²) in [5.41, 5.74) is -0.817. The van der Waals surface area contributed by atoms with Gasteiger partial charge < -0.3 is 14.6 Å². The molecule has 0 aromatic heterocycles. The molecule has 0 radical (unpaired) electrons. The second kappa shape index (κ2) is 7.72. The number of carbonyl (C=O) groups excluding carboxylic acids is 1. The topological polar surface area (TPSA) is 55.8 Å². The third-order valence-corrected chi connectivity index (χ3v) is 10.9. The van der Waals surface area contributed by atoms with Crippen molar-refractivity contribution in [3.8, 4) is 0 Å². The van der Waals surface area contributed by atoms with Gasteiger partial charge in [-0.2, -0.15) is 0 Å². The van der Waals surface area contributed by atoms with E-state index in [0.717, 1.165) is 57.8 Å². The first-order valence-electron chi connectivity index (χ1n) is 13.0. The van der Waals surface area contributed by atoms with Gasteiger partial charge in [0.25, 0.3) is 0 Å². The number of hydrogen-bond acceptors (Lipinski definition) is 4. The van der Waals surface area contributed by atoms with E-state index in [-0.39, 0.29) is 34.6 Å². The van der Waals surface area contributed by atoms with Crippen LogP contribution < -0.4 is 0 Å². The van der Waals surface area contributed by atoms with Crippen LogP contribution in [0.1, 0.15) is 106 Å². The quantitative estimate of drug-likeness (QED) is 0.435. The highest BCUT2D eigenvalue weighted by Crippen LogP contribution is 2.69. The zero-order valence-electron chi connectivity index (χ0n) is 20.9. The Morgan fingerprint density at radius 1 is 1.00 bits per heavy atom. The number of aliphatic hydroxyl groups excluding tert-OH is 1. The lowest BCUT2D eigenvalue weighted by Crippen LogP contribution is -2.62. The van der Waals surface area contributed by atoms with Crippen molar-refractivity contribution in [1.82, 2.24) is 0 Å². The SMILES string of the molecule is CCC1(C)CC1C(C)(C(=O)OC12CC3CC(CC(OCCO)(C3)C1)C2)C(C)(CC)CC. The number of hydrogen-bond donors (Lipinski definition) is 1. The van der Waals surface area contributed by atoms with E-state index in [4.69, 9.17) is 9.47 Å². The van der Waals surface area contributed by atoms with E-state index in [9.17, 15) is 9.90 Å². The molecule has 0 spiro atoms. The Kier molecular flexibility index (Phi) is 5.86. The van der Waals surface area contributed by atoms with Crippen molar-refractivity contribution in [2.75, 3.05) is 13.2 Å². The smallest absolute Gasteiger partial charge is 0.313 e. The Labute approximate surface area is 189 Å². The summed E-state index contributed by atoms with van der Waals surface area (Å²) in [6.07, 6.45) is 10.4. The molecule has 5 atom stereocenters. The van der Waals surface area contributed by atoms with E-state index in [0.29, 0.717) is 24.4 Å². The van der Waals surface area contributed by atoms with Crippen LogP contribution in [0.5, 0.6) is 0 Å². The standard InChI is InChI=1S/C27H46O4/c1-7-23(4)17-21(23)25(6,24(5,8-2)9-3)22(29)31-27-15-19-12-20(16-27)14-26(13-19,18-27)30-11-10-28/h19-21,28H,7-18H2,1-6H3. The van der Waals surface area contributed by atoms with Crippen LogP contribution in [0.25, 0.3) is 0 Å². The van der Waals surface area contributed by atoms with Crippen LogP contribution in [-0.2, 0) is 14.3 Å². The highest BCUT2D eigenvalue weighted by atomic mass is 16.6. The summed E-state index contributed by atoms with van der Waals surface area (Å²) in [4.78, 5) is 14.2. The van der Waals surface area contributed by atoms with Crippen molar-refractivity contribution >= 4 is 5.97 Å². The molecule has 5 fully saturated rings. The molecule has 0 amide bonds. The normalized spacial score (nSPS) is 43.0. The fraction of sp³-hybridized carbons (Fsp3) is 0.963. The molecule has 0 aliphatic heterocycles. The van der Waals surface area contributed by atoms with Crippen LogP contribution in [-0.4, -0.2) is 35.5 Å². The first kappa shape index (κ1) is 23.5. The molecule has 0 heterocycles. The maximum atomic E-state index is 14.2. The van der Waals surface area contributed by atoms with Gasteiger partial charge in [0, 0.05) is 6.42 Å². The highest BCUT2D eigenvalue weighted by molar-refractivity contribution is 5.79. The second-order valence-corrected chi connectivity index (χ2v) is 12.5. The van der Waals surface area contributed by atoms with E-state index in [1.54, 1.807) is 0 Å². The molecule has 1 N–H and O–H groups in total. The van der Waals surface area contributed by atoms with Crippen molar-refractivity contribution < 1.29 is 19.4 Å². The maximum Gasteiger partial charge on any atom is 0.313 e. The molecule has 5 saturated carbocycles. The predicted molar refractivity (Wildman–Crippen MR) is 123 cm³/mol. The van der Waals surface area contributed by atoms with Gasteiger partial charge in [-0.1, -0.05) is 41.0 Å². The molecule has 4 heteroatoms. The number of ether oxygens (including phenoxy) is 2. The molecule has 5 unspecified atom stereocenters. The lowest BCUT2D eigenvalue weighted by molar-refractivity contribution is -0.244. The van der Waals surface area contributed by atoms with Crippen LogP contribution in [0.2, 0.25) is 0 Å². The van der Waals surface area contributed by atoms with Crippen LogP contribution in [0.4, 0.5) is 0 Å². The molecule has 178 valence electrons. The molecule has 0 saturated heterocycles. The van der Waals surface area contributed by atoms with Crippen LogP contribution in [0.15, 0.2) is 0 Å². The number of esters is 1. The molecule has 5 aliphatic rings. The Hall–Kier alpha value is -0.610. The number of carbonyl (C=O) groups is 1. The second-order valence-electron chi connectivity index (χ2n) is 12.5. The monoisotopic (exact) mass is 434 g/mol. The summed E-state index contributed by atoms with van der Waals surface area (Å²) in [7, 11) is 0. The summed E-state index contributed by atoms with van der Waals surface area (Å²) >= 11 is 0. The molecule has 5 aliphatic carbocycles. The van der Waals surface area contributed by atoms with Gasteiger partial charge in [0.15, 0.2) is 0 Å². The minimum atomic E-state index is -0.455. The van der Waals surface area contributed by atoms with Crippen molar-refractivity contribution in [3.63, 3.8) is 0 Å². The third kappa shape index (κ3) is 3.59. The first-order chi connectivity index (χ1) is 14.5. The molecular weight excluding hydrogens is 388 g/mol. The van der Waals surface area contributed by atoms with Gasteiger partial charge >= 0.3 is 5.97 Å². The Morgan fingerprint density at radius 3 is 2.06 bits per heavy atom. The van der Waals surface area contributed by atoms with Gasteiger partial charge in [0.05, 0.1) is 24.2 Å². The Bertz CT molecular complexity index is 683. The fourth-order valence-electron chi connectivity index (χ4n) is 8.44. The molecule has 31 heavy (non-hydrogen) atoms. The summed E-state index contributed by atoms with van der Waals surface area (Å²) in [6, 6.07) is 0. The lowest BCUT2D eigenvalue weighted by atomic mass is 9.52. The molecular formula is C27H46O4. The summed E-state index contributed by atoms with van der Waals surface area (Å²) in [5, 5.41) is 9.36. The summed E-state index contributed by atoms with van der Waals surface area (Å²) in [5.74, 6) is 1.63. The van der Waals surface area contributed by atoms with Crippen molar-refractivity contribution in [2.45, 2.75) is 117 Å². The molecule has 0 aromatic rings. The number of aliphatic hydroxyl groups is 1. The van der Waals surface area contributed by atoms with Crippen molar-refractivity contribution in [2.24, 2.45) is 34.0 Å². The van der Waals surface area contributed by atoms with Crippen LogP contribution >= 0.6 is 0 Å². The number of rotatable bonds is 10. The average molecular weight is 435 g/mol. The molecule has 0 aromatic carbocycles. The van der Waals surface area contributed by atoms with E-state index in [1.807, 2.05) is 0 Å². The first-order valence-corrected chi connectivity index (χ1v) is 13.0. The summed E-state index contributed by atoms with van der Waals surface area (Å²) < 4.78 is 13.0. The van der Waals surface area contributed by atoms with Crippen LogP contribution in [0, 0.1) is 34.0 Å². The van der Waals surface area contributed by atoms with Gasteiger partial charge in [-0.25, -0.2) is 0 Å². The zero-order chi connectivity index (χ0) is 22.7. The van der Waals surface area contributed by atoms with Gasteiger partial charge in [0.1, 0.15) is 5.60 Å². The van der Waals surface area contributed by atoms with E-state index in [1.165, 1.54) is 6.42 Å². The Balaban J connectivity index is 1.62.